The number of carbonyl (C=O) groups is 2. The van der Waals surface area contributed by atoms with Gasteiger partial charge in [-0.3, -0.25) is 9.69 Å². The molecule has 158 valence electrons. The van der Waals surface area contributed by atoms with Crippen molar-refractivity contribution < 1.29 is 14.3 Å². The summed E-state index contributed by atoms with van der Waals surface area (Å²) in [5, 5.41) is 0. The zero-order valence-corrected chi connectivity index (χ0v) is 17.6. The van der Waals surface area contributed by atoms with E-state index in [1.54, 1.807) is 13.1 Å². The van der Waals surface area contributed by atoms with Gasteiger partial charge in [0.25, 0.3) is 0 Å². The van der Waals surface area contributed by atoms with E-state index in [9.17, 15) is 9.59 Å². The highest BCUT2D eigenvalue weighted by Gasteiger charge is 2.46. The van der Waals surface area contributed by atoms with Crippen molar-refractivity contribution in [3.63, 3.8) is 0 Å². The molecule has 3 aliphatic heterocycles. The van der Waals surface area contributed by atoms with E-state index in [0.29, 0.717) is 12.5 Å². The highest BCUT2D eigenvalue weighted by Crippen LogP contribution is 2.46. The largest absolute Gasteiger partial charge is 0.450 e. The third-order valence-corrected chi connectivity index (χ3v) is 6.92. The first-order valence-electron chi connectivity index (χ1n) is 10.9. The van der Waals surface area contributed by atoms with Crippen molar-refractivity contribution in [2.45, 2.75) is 44.9 Å². The number of anilines is 1. The van der Waals surface area contributed by atoms with E-state index in [4.69, 9.17) is 4.74 Å². The van der Waals surface area contributed by atoms with Crippen molar-refractivity contribution in [3.05, 3.63) is 23.9 Å². The molecule has 0 saturated carbocycles. The fraction of sp³-hybridized carbons (Fsp3) is 0.682. The number of piperidine rings is 2. The maximum atomic E-state index is 12.1. The molecular formula is C22H32N4O3. The Kier molecular flexibility index (Phi) is 5.76. The van der Waals surface area contributed by atoms with E-state index in [1.165, 1.54) is 5.56 Å². The van der Waals surface area contributed by atoms with Crippen LogP contribution in [0.1, 0.15) is 45.1 Å². The standard InChI is InChI=1S/C22H32N4O3/c1-3-29-21(28)25-11-6-18(7-12-25)15-24-13-8-22(9-14-24)16-26(17(2)27)20-19(22)5-4-10-23-20/h4-5,10,18H,3,6-9,11-16H2,1-2H3. The number of fused-ring (bicyclic) bond motifs is 2. The first kappa shape index (κ1) is 20.1. The minimum atomic E-state index is -0.172. The fourth-order valence-corrected chi connectivity index (χ4v) is 5.22. The highest BCUT2D eigenvalue weighted by atomic mass is 16.6. The summed E-state index contributed by atoms with van der Waals surface area (Å²) in [6.45, 7) is 9.49. The molecule has 0 N–H and O–H groups in total. The lowest BCUT2D eigenvalue weighted by atomic mass is 9.74. The van der Waals surface area contributed by atoms with Crippen LogP contribution in [0.5, 0.6) is 0 Å². The second-order valence-electron chi connectivity index (χ2n) is 8.69. The van der Waals surface area contributed by atoms with Crippen LogP contribution >= 0.6 is 0 Å². The summed E-state index contributed by atoms with van der Waals surface area (Å²) in [5.41, 5.74) is 1.30. The molecule has 1 aromatic rings. The molecule has 7 nitrogen and oxygen atoms in total. The lowest BCUT2D eigenvalue weighted by molar-refractivity contribution is -0.116. The normalized spacial score (nSPS) is 22.0. The van der Waals surface area contributed by atoms with Gasteiger partial charge in [-0.15, -0.1) is 0 Å². The van der Waals surface area contributed by atoms with Crippen LogP contribution in [0.15, 0.2) is 18.3 Å². The lowest BCUT2D eigenvalue weighted by Gasteiger charge is -2.41. The summed E-state index contributed by atoms with van der Waals surface area (Å²) in [7, 11) is 0. The Bertz CT molecular complexity index is 752. The molecular weight excluding hydrogens is 368 g/mol. The molecule has 1 aromatic heterocycles. The molecule has 1 spiro atoms. The molecule has 4 rings (SSSR count). The van der Waals surface area contributed by atoms with Gasteiger partial charge in [-0.2, -0.15) is 0 Å². The van der Waals surface area contributed by atoms with Gasteiger partial charge in [0.05, 0.1) is 6.61 Å². The van der Waals surface area contributed by atoms with Crippen molar-refractivity contribution in [1.29, 1.82) is 0 Å². The Balaban J connectivity index is 1.32. The highest BCUT2D eigenvalue weighted by molar-refractivity contribution is 5.93. The summed E-state index contributed by atoms with van der Waals surface area (Å²) in [4.78, 5) is 34.8. The molecule has 2 saturated heterocycles. The van der Waals surface area contributed by atoms with Crippen LogP contribution in [-0.4, -0.2) is 72.7 Å². The van der Waals surface area contributed by atoms with E-state index in [2.05, 4.69) is 16.0 Å². The predicted molar refractivity (Wildman–Crippen MR) is 111 cm³/mol. The average Bonchev–Trinajstić information content (AvgIpc) is 3.05. The predicted octanol–water partition coefficient (Wildman–Crippen LogP) is 2.65. The number of amides is 2. The van der Waals surface area contributed by atoms with Crippen LogP contribution < -0.4 is 4.90 Å². The van der Waals surface area contributed by atoms with Crippen molar-refractivity contribution in [2.75, 3.05) is 50.8 Å². The van der Waals surface area contributed by atoms with Crippen molar-refractivity contribution >= 4 is 17.8 Å². The van der Waals surface area contributed by atoms with E-state index >= 15 is 0 Å². The minimum Gasteiger partial charge on any atom is -0.450 e. The number of hydrogen-bond acceptors (Lipinski definition) is 5. The molecule has 0 unspecified atom stereocenters. The maximum Gasteiger partial charge on any atom is 0.409 e. The van der Waals surface area contributed by atoms with Gasteiger partial charge in [-0.25, -0.2) is 9.78 Å². The quantitative estimate of drug-likeness (QED) is 0.780. The maximum absolute atomic E-state index is 12.1. The van der Waals surface area contributed by atoms with Crippen LogP contribution in [-0.2, 0) is 14.9 Å². The molecule has 2 fully saturated rings. The SMILES string of the molecule is CCOC(=O)N1CCC(CN2CCC3(CC2)CN(C(C)=O)c2ncccc23)CC1. The van der Waals surface area contributed by atoms with Gasteiger partial charge >= 0.3 is 6.09 Å². The van der Waals surface area contributed by atoms with Gasteiger partial charge in [0.1, 0.15) is 5.82 Å². The summed E-state index contributed by atoms with van der Waals surface area (Å²) in [5.74, 6) is 1.58. The number of rotatable bonds is 3. The zero-order valence-electron chi connectivity index (χ0n) is 17.6. The molecule has 4 heterocycles. The number of nitrogens with zero attached hydrogens (tertiary/aromatic N) is 4. The monoisotopic (exact) mass is 400 g/mol. The third kappa shape index (κ3) is 3.97. The molecule has 0 radical (unpaired) electrons. The molecule has 3 aliphatic rings. The first-order valence-corrected chi connectivity index (χ1v) is 10.9. The Morgan fingerprint density at radius 2 is 1.93 bits per heavy atom. The number of carbonyl (C=O) groups excluding carboxylic acids is 2. The molecule has 0 aromatic carbocycles. The van der Waals surface area contributed by atoms with Crippen LogP contribution in [0.3, 0.4) is 0 Å². The summed E-state index contributed by atoms with van der Waals surface area (Å²) in [6.07, 6.45) is 5.84. The molecule has 29 heavy (non-hydrogen) atoms. The van der Waals surface area contributed by atoms with Crippen molar-refractivity contribution in [2.24, 2.45) is 5.92 Å². The van der Waals surface area contributed by atoms with Gasteiger partial charge in [0.2, 0.25) is 5.91 Å². The van der Waals surface area contributed by atoms with E-state index < -0.39 is 0 Å². The molecule has 0 atom stereocenters. The smallest absolute Gasteiger partial charge is 0.409 e. The van der Waals surface area contributed by atoms with Crippen molar-refractivity contribution in [3.8, 4) is 0 Å². The lowest BCUT2D eigenvalue weighted by Crippen LogP contribution is -2.48. The van der Waals surface area contributed by atoms with Crippen LogP contribution in [0, 0.1) is 5.92 Å². The van der Waals surface area contributed by atoms with Crippen LogP contribution in [0.25, 0.3) is 0 Å². The van der Waals surface area contributed by atoms with Crippen LogP contribution in [0.4, 0.5) is 10.6 Å². The van der Waals surface area contributed by atoms with E-state index in [-0.39, 0.29) is 17.4 Å². The van der Waals surface area contributed by atoms with Crippen molar-refractivity contribution in [1.82, 2.24) is 14.8 Å². The Labute approximate surface area is 173 Å². The zero-order chi connectivity index (χ0) is 20.4. The second kappa shape index (κ2) is 8.30. The number of aromatic nitrogens is 1. The van der Waals surface area contributed by atoms with E-state index in [1.807, 2.05) is 22.8 Å². The summed E-state index contributed by atoms with van der Waals surface area (Å²) in [6, 6.07) is 4.15. The topological polar surface area (TPSA) is 66.0 Å². The average molecular weight is 401 g/mol. The van der Waals surface area contributed by atoms with Gasteiger partial charge in [-0.05, 0) is 57.7 Å². The third-order valence-electron chi connectivity index (χ3n) is 6.92. The van der Waals surface area contributed by atoms with Gasteiger partial charge in [0.15, 0.2) is 0 Å². The second-order valence-corrected chi connectivity index (χ2v) is 8.69. The molecule has 7 heteroatoms. The molecule has 0 bridgehead atoms. The number of likely N-dealkylation sites (tertiary alicyclic amines) is 2. The Morgan fingerprint density at radius 3 is 2.59 bits per heavy atom. The fourth-order valence-electron chi connectivity index (χ4n) is 5.22. The van der Waals surface area contributed by atoms with Gasteiger partial charge in [0, 0.05) is 50.3 Å². The Hall–Kier alpha value is -2.15. The number of ether oxygens (including phenoxy) is 1. The molecule has 2 amide bonds. The first-order chi connectivity index (χ1) is 14.0. The Morgan fingerprint density at radius 1 is 1.21 bits per heavy atom. The summed E-state index contributed by atoms with van der Waals surface area (Å²) < 4.78 is 5.12. The van der Waals surface area contributed by atoms with Gasteiger partial charge in [-0.1, -0.05) is 6.07 Å². The minimum absolute atomic E-state index is 0.0546. The van der Waals surface area contributed by atoms with E-state index in [0.717, 1.165) is 70.8 Å². The number of pyridine rings is 1. The molecule has 0 aliphatic carbocycles. The number of hydrogen-bond donors (Lipinski definition) is 0. The summed E-state index contributed by atoms with van der Waals surface area (Å²) >= 11 is 0. The van der Waals surface area contributed by atoms with Crippen LogP contribution in [0.2, 0.25) is 0 Å². The van der Waals surface area contributed by atoms with Gasteiger partial charge < -0.3 is 14.5 Å².